The Kier molecular flexibility index (Phi) is 6.42. The van der Waals surface area contributed by atoms with E-state index in [0.29, 0.717) is 12.1 Å². The number of piperidine rings is 1. The number of carbonyl (C=O) groups is 1. The fraction of sp³-hybridized carbons (Fsp3) is 0.917. The molecular formula is C12H24N2O2. The summed E-state index contributed by atoms with van der Waals surface area (Å²) in [5.74, 6) is -0.705. The van der Waals surface area contributed by atoms with Crippen LogP contribution in [0.5, 0.6) is 0 Å². The van der Waals surface area contributed by atoms with E-state index in [9.17, 15) is 4.79 Å². The van der Waals surface area contributed by atoms with Gasteiger partial charge in [0.1, 0.15) is 0 Å². The molecule has 1 aliphatic rings. The molecule has 4 nitrogen and oxygen atoms in total. The Morgan fingerprint density at radius 2 is 2.38 bits per heavy atom. The summed E-state index contributed by atoms with van der Waals surface area (Å²) >= 11 is 0. The zero-order valence-electron chi connectivity index (χ0n) is 10.2. The van der Waals surface area contributed by atoms with Gasteiger partial charge in [-0.1, -0.05) is 6.42 Å². The molecule has 0 amide bonds. The molecule has 0 aromatic carbocycles. The average molecular weight is 228 g/mol. The molecule has 2 unspecified atom stereocenters. The van der Waals surface area contributed by atoms with Crippen LogP contribution in [0.3, 0.4) is 0 Å². The number of hydrogen-bond acceptors (Lipinski definition) is 3. The van der Waals surface area contributed by atoms with Gasteiger partial charge in [-0.05, 0) is 45.7 Å². The highest BCUT2D eigenvalue weighted by atomic mass is 16.4. The zero-order chi connectivity index (χ0) is 11.8. The summed E-state index contributed by atoms with van der Waals surface area (Å²) < 4.78 is 0. The fourth-order valence-corrected chi connectivity index (χ4v) is 2.22. The minimum Gasteiger partial charge on any atom is -0.481 e. The summed E-state index contributed by atoms with van der Waals surface area (Å²) in [4.78, 5) is 10.3. The Morgan fingerprint density at radius 3 is 3.00 bits per heavy atom. The van der Waals surface area contributed by atoms with Crippen molar-refractivity contribution in [3.8, 4) is 0 Å². The zero-order valence-corrected chi connectivity index (χ0v) is 10.2. The second kappa shape index (κ2) is 7.63. The van der Waals surface area contributed by atoms with Gasteiger partial charge in [0.2, 0.25) is 0 Å². The highest BCUT2D eigenvalue weighted by molar-refractivity contribution is 5.66. The lowest BCUT2D eigenvalue weighted by Gasteiger charge is -2.26. The monoisotopic (exact) mass is 228 g/mol. The van der Waals surface area contributed by atoms with Crippen molar-refractivity contribution in [1.82, 2.24) is 10.6 Å². The molecule has 1 heterocycles. The van der Waals surface area contributed by atoms with E-state index < -0.39 is 5.97 Å². The molecule has 1 rings (SSSR count). The molecule has 0 bridgehead atoms. The standard InChI is InChI=1S/C12H24N2O2/c1-10(13-8-4-6-12(15)16)9-11-5-2-3-7-14-11/h10-11,13-14H,2-9H2,1H3,(H,15,16). The maximum absolute atomic E-state index is 10.3. The number of nitrogens with one attached hydrogen (secondary N) is 2. The van der Waals surface area contributed by atoms with Gasteiger partial charge in [-0.3, -0.25) is 4.79 Å². The van der Waals surface area contributed by atoms with Crippen LogP contribution in [0, 0.1) is 0 Å². The van der Waals surface area contributed by atoms with Gasteiger partial charge < -0.3 is 15.7 Å². The third kappa shape index (κ3) is 6.08. The van der Waals surface area contributed by atoms with Crippen molar-refractivity contribution in [2.45, 2.75) is 57.5 Å². The Labute approximate surface area is 97.8 Å². The Hall–Kier alpha value is -0.610. The molecule has 2 atom stereocenters. The van der Waals surface area contributed by atoms with Crippen LogP contribution in [0.4, 0.5) is 0 Å². The molecule has 94 valence electrons. The largest absolute Gasteiger partial charge is 0.481 e. The van der Waals surface area contributed by atoms with Crippen LogP contribution in [-0.2, 0) is 4.79 Å². The number of carboxylic acids is 1. The van der Waals surface area contributed by atoms with Gasteiger partial charge in [-0.15, -0.1) is 0 Å². The second-order valence-electron chi connectivity index (χ2n) is 4.73. The highest BCUT2D eigenvalue weighted by Gasteiger charge is 2.15. The molecule has 1 aliphatic heterocycles. The van der Waals surface area contributed by atoms with Crippen molar-refractivity contribution in [2.75, 3.05) is 13.1 Å². The predicted octanol–water partition coefficient (Wildman–Crippen LogP) is 1.36. The Bertz CT molecular complexity index is 203. The van der Waals surface area contributed by atoms with Gasteiger partial charge in [0.25, 0.3) is 0 Å². The summed E-state index contributed by atoms with van der Waals surface area (Å²) in [5, 5.41) is 15.4. The third-order valence-corrected chi connectivity index (χ3v) is 3.11. The smallest absolute Gasteiger partial charge is 0.303 e. The lowest BCUT2D eigenvalue weighted by atomic mass is 9.99. The first-order valence-corrected chi connectivity index (χ1v) is 6.37. The molecule has 0 radical (unpaired) electrons. The van der Waals surface area contributed by atoms with Gasteiger partial charge in [0.15, 0.2) is 0 Å². The molecule has 3 N–H and O–H groups in total. The van der Waals surface area contributed by atoms with Crippen LogP contribution in [-0.4, -0.2) is 36.2 Å². The van der Waals surface area contributed by atoms with Crippen molar-refractivity contribution >= 4 is 5.97 Å². The summed E-state index contributed by atoms with van der Waals surface area (Å²) in [6.45, 7) is 4.13. The van der Waals surface area contributed by atoms with Crippen molar-refractivity contribution in [3.05, 3.63) is 0 Å². The summed E-state index contributed by atoms with van der Waals surface area (Å²) in [5.41, 5.74) is 0. The number of carboxylic acid groups (broad SMARTS) is 1. The molecule has 4 heteroatoms. The van der Waals surface area contributed by atoms with Crippen molar-refractivity contribution in [1.29, 1.82) is 0 Å². The van der Waals surface area contributed by atoms with Crippen molar-refractivity contribution in [3.63, 3.8) is 0 Å². The van der Waals surface area contributed by atoms with E-state index >= 15 is 0 Å². The van der Waals surface area contributed by atoms with Gasteiger partial charge in [-0.25, -0.2) is 0 Å². The molecule has 16 heavy (non-hydrogen) atoms. The van der Waals surface area contributed by atoms with E-state index in [1.807, 2.05) is 0 Å². The molecule has 0 aromatic rings. The van der Waals surface area contributed by atoms with E-state index in [2.05, 4.69) is 17.6 Å². The first kappa shape index (κ1) is 13.5. The summed E-state index contributed by atoms with van der Waals surface area (Å²) in [6.07, 6.45) is 6.05. The lowest BCUT2D eigenvalue weighted by molar-refractivity contribution is -0.137. The van der Waals surface area contributed by atoms with E-state index in [1.54, 1.807) is 0 Å². The molecule has 0 aliphatic carbocycles. The SMILES string of the molecule is CC(CC1CCCCN1)NCCCC(=O)O. The number of hydrogen-bond donors (Lipinski definition) is 3. The van der Waals surface area contributed by atoms with Crippen LogP contribution < -0.4 is 10.6 Å². The van der Waals surface area contributed by atoms with Gasteiger partial charge in [0.05, 0.1) is 0 Å². The van der Waals surface area contributed by atoms with Crippen molar-refractivity contribution in [2.24, 2.45) is 0 Å². The van der Waals surface area contributed by atoms with E-state index in [-0.39, 0.29) is 6.42 Å². The van der Waals surface area contributed by atoms with E-state index in [4.69, 9.17) is 5.11 Å². The minimum absolute atomic E-state index is 0.265. The first-order chi connectivity index (χ1) is 7.68. The van der Waals surface area contributed by atoms with Crippen LogP contribution in [0.2, 0.25) is 0 Å². The summed E-state index contributed by atoms with van der Waals surface area (Å²) in [6, 6.07) is 1.13. The maximum atomic E-state index is 10.3. The van der Waals surface area contributed by atoms with Crippen LogP contribution in [0.25, 0.3) is 0 Å². The van der Waals surface area contributed by atoms with Crippen LogP contribution >= 0.6 is 0 Å². The average Bonchev–Trinajstić information content (AvgIpc) is 2.25. The molecule has 0 saturated carbocycles. The lowest BCUT2D eigenvalue weighted by Crippen LogP contribution is -2.40. The maximum Gasteiger partial charge on any atom is 0.303 e. The Balaban J connectivity index is 2.01. The topological polar surface area (TPSA) is 61.4 Å². The van der Waals surface area contributed by atoms with Gasteiger partial charge in [-0.2, -0.15) is 0 Å². The number of rotatable bonds is 7. The van der Waals surface area contributed by atoms with Crippen LogP contribution in [0.15, 0.2) is 0 Å². The Morgan fingerprint density at radius 1 is 1.56 bits per heavy atom. The van der Waals surface area contributed by atoms with E-state index in [0.717, 1.165) is 25.9 Å². The normalized spacial score (nSPS) is 22.9. The van der Waals surface area contributed by atoms with Crippen molar-refractivity contribution < 1.29 is 9.90 Å². The predicted molar refractivity (Wildman–Crippen MR) is 64.6 cm³/mol. The molecule has 1 saturated heterocycles. The molecular weight excluding hydrogens is 204 g/mol. The second-order valence-corrected chi connectivity index (χ2v) is 4.73. The third-order valence-electron chi connectivity index (χ3n) is 3.11. The molecule has 0 spiro atoms. The minimum atomic E-state index is -0.705. The van der Waals surface area contributed by atoms with Gasteiger partial charge in [0, 0.05) is 18.5 Å². The number of aliphatic carboxylic acids is 1. The summed E-state index contributed by atoms with van der Waals surface area (Å²) in [7, 11) is 0. The molecule has 1 fully saturated rings. The highest BCUT2D eigenvalue weighted by Crippen LogP contribution is 2.11. The van der Waals surface area contributed by atoms with Gasteiger partial charge >= 0.3 is 5.97 Å². The molecule has 0 aromatic heterocycles. The quantitative estimate of drug-likeness (QED) is 0.576. The van der Waals surface area contributed by atoms with E-state index in [1.165, 1.54) is 19.3 Å². The van der Waals surface area contributed by atoms with Crippen LogP contribution in [0.1, 0.15) is 45.4 Å². The first-order valence-electron chi connectivity index (χ1n) is 6.37. The fourth-order valence-electron chi connectivity index (χ4n) is 2.22.